The highest BCUT2D eigenvalue weighted by Crippen LogP contribution is 2.23. The summed E-state index contributed by atoms with van der Waals surface area (Å²) in [4.78, 5) is 18.8. The Labute approximate surface area is 137 Å². The predicted octanol–water partition coefficient (Wildman–Crippen LogP) is 1.23. The first-order valence-corrected chi connectivity index (χ1v) is 9.96. The van der Waals surface area contributed by atoms with Crippen molar-refractivity contribution in [1.82, 2.24) is 10.3 Å². The molecule has 1 N–H and O–H groups in total. The first-order chi connectivity index (χ1) is 10.9. The van der Waals surface area contributed by atoms with Crippen LogP contribution in [0.15, 0.2) is 18.5 Å². The number of pyridine rings is 1. The van der Waals surface area contributed by atoms with Gasteiger partial charge >= 0.3 is 0 Å². The number of amides is 1. The van der Waals surface area contributed by atoms with E-state index >= 15 is 0 Å². The second-order valence-electron chi connectivity index (χ2n) is 6.70. The van der Waals surface area contributed by atoms with E-state index < -0.39 is 9.84 Å². The van der Waals surface area contributed by atoms with Crippen molar-refractivity contribution in [3.05, 3.63) is 24.0 Å². The van der Waals surface area contributed by atoms with Gasteiger partial charge in [0, 0.05) is 25.3 Å². The lowest BCUT2D eigenvalue weighted by molar-refractivity contribution is 0.0941. The quantitative estimate of drug-likeness (QED) is 0.897. The average Bonchev–Trinajstić information content (AvgIpc) is 2.86. The van der Waals surface area contributed by atoms with Gasteiger partial charge in [0.2, 0.25) is 0 Å². The van der Waals surface area contributed by atoms with Crippen molar-refractivity contribution in [3.8, 4) is 0 Å². The minimum absolute atomic E-state index is 0.0372. The van der Waals surface area contributed by atoms with Crippen molar-refractivity contribution in [2.24, 2.45) is 5.92 Å². The molecular weight excluding hydrogens is 314 g/mol. The molecule has 2 unspecified atom stereocenters. The maximum absolute atomic E-state index is 12.3. The Balaban J connectivity index is 1.68. The number of piperidine rings is 1. The van der Waals surface area contributed by atoms with Crippen LogP contribution in [0.5, 0.6) is 0 Å². The van der Waals surface area contributed by atoms with Gasteiger partial charge in [-0.1, -0.05) is 6.92 Å². The van der Waals surface area contributed by atoms with Crippen LogP contribution in [0.25, 0.3) is 0 Å². The molecule has 0 saturated carbocycles. The molecule has 3 heterocycles. The number of rotatable bonds is 3. The van der Waals surface area contributed by atoms with E-state index in [-0.39, 0.29) is 23.5 Å². The van der Waals surface area contributed by atoms with Gasteiger partial charge < -0.3 is 10.2 Å². The van der Waals surface area contributed by atoms with Gasteiger partial charge in [0.25, 0.3) is 5.91 Å². The number of aromatic nitrogens is 1. The van der Waals surface area contributed by atoms with E-state index in [1.54, 1.807) is 6.20 Å². The lowest BCUT2D eigenvalue weighted by Crippen LogP contribution is -2.36. The number of hydrogen-bond donors (Lipinski definition) is 1. The Morgan fingerprint density at radius 2 is 2.17 bits per heavy atom. The molecule has 3 rings (SSSR count). The Bertz CT molecular complexity index is 690. The van der Waals surface area contributed by atoms with Gasteiger partial charge in [-0.25, -0.2) is 8.42 Å². The van der Waals surface area contributed by atoms with Crippen molar-refractivity contribution in [1.29, 1.82) is 0 Å². The van der Waals surface area contributed by atoms with Crippen LogP contribution in [-0.2, 0) is 9.84 Å². The summed E-state index contributed by atoms with van der Waals surface area (Å²) < 4.78 is 23.0. The Morgan fingerprint density at radius 3 is 2.87 bits per heavy atom. The summed E-state index contributed by atoms with van der Waals surface area (Å²) in [6.45, 7) is 4.20. The van der Waals surface area contributed by atoms with Crippen LogP contribution in [0.1, 0.15) is 36.5 Å². The third-order valence-electron chi connectivity index (χ3n) is 4.58. The third kappa shape index (κ3) is 4.02. The molecule has 0 aliphatic carbocycles. The molecule has 1 aromatic rings. The Morgan fingerprint density at radius 1 is 1.35 bits per heavy atom. The highest BCUT2D eigenvalue weighted by molar-refractivity contribution is 7.91. The molecule has 2 saturated heterocycles. The molecule has 6 nitrogen and oxygen atoms in total. The summed E-state index contributed by atoms with van der Waals surface area (Å²) in [5.74, 6) is 0.591. The molecule has 0 bridgehead atoms. The fourth-order valence-electron chi connectivity index (χ4n) is 3.33. The molecule has 1 amide bonds. The highest BCUT2D eigenvalue weighted by Gasteiger charge is 2.29. The monoisotopic (exact) mass is 337 g/mol. The fourth-order valence-corrected chi connectivity index (χ4v) is 5.00. The van der Waals surface area contributed by atoms with Gasteiger partial charge in [-0.15, -0.1) is 0 Å². The molecule has 23 heavy (non-hydrogen) atoms. The lowest BCUT2D eigenvalue weighted by Gasteiger charge is -2.32. The van der Waals surface area contributed by atoms with Crippen LogP contribution in [0.2, 0.25) is 0 Å². The average molecular weight is 337 g/mol. The van der Waals surface area contributed by atoms with E-state index in [1.807, 2.05) is 6.07 Å². The first kappa shape index (κ1) is 16.2. The number of carbonyl (C=O) groups excluding carboxylic acids is 1. The van der Waals surface area contributed by atoms with Gasteiger partial charge in [0.1, 0.15) is 0 Å². The molecule has 7 heteroatoms. The number of nitrogens with one attached hydrogen (secondary N) is 1. The molecule has 2 fully saturated rings. The molecule has 126 valence electrons. The van der Waals surface area contributed by atoms with E-state index in [9.17, 15) is 13.2 Å². The van der Waals surface area contributed by atoms with E-state index in [1.165, 1.54) is 12.6 Å². The summed E-state index contributed by atoms with van der Waals surface area (Å²) in [7, 11) is -2.99. The largest absolute Gasteiger partial charge is 0.370 e. The van der Waals surface area contributed by atoms with Gasteiger partial charge in [-0.2, -0.15) is 0 Å². The highest BCUT2D eigenvalue weighted by atomic mass is 32.2. The second-order valence-corrected chi connectivity index (χ2v) is 8.93. The van der Waals surface area contributed by atoms with E-state index in [0.717, 1.165) is 25.2 Å². The number of hydrogen-bond acceptors (Lipinski definition) is 5. The Hall–Kier alpha value is -1.63. The zero-order chi connectivity index (χ0) is 16.4. The third-order valence-corrected chi connectivity index (χ3v) is 6.34. The van der Waals surface area contributed by atoms with Crippen LogP contribution in [-0.4, -0.2) is 49.9 Å². The topological polar surface area (TPSA) is 79.4 Å². The molecule has 0 aromatic carbocycles. The SMILES string of the molecule is CC1CCCN(c2cncc(C(=O)NC3CCS(=O)(=O)C3)c2)C1. The molecular formula is C16H23N3O3S. The van der Waals surface area contributed by atoms with Gasteiger partial charge in [0.15, 0.2) is 9.84 Å². The zero-order valence-electron chi connectivity index (χ0n) is 13.4. The normalized spacial score (nSPS) is 26.9. The molecule has 0 radical (unpaired) electrons. The maximum Gasteiger partial charge on any atom is 0.253 e. The number of carbonyl (C=O) groups is 1. The minimum Gasteiger partial charge on any atom is -0.370 e. The van der Waals surface area contributed by atoms with E-state index in [2.05, 4.69) is 22.1 Å². The summed E-state index contributed by atoms with van der Waals surface area (Å²) in [5, 5.41) is 2.81. The molecule has 0 spiro atoms. The van der Waals surface area contributed by atoms with Gasteiger partial charge in [-0.3, -0.25) is 9.78 Å². The molecule has 1 aromatic heterocycles. The molecule has 2 aliphatic rings. The van der Waals surface area contributed by atoms with Crippen LogP contribution in [0.4, 0.5) is 5.69 Å². The Kier molecular flexibility index (Phi) is 4.57. The molecule has 2 atom stereocenters. The second kappa shape index (κ2) is 6.47. The summed E-state index contributed by atoms with van der Waals surface area (Å²) in [6.07, 6.45) is 6.20. The van der Waals surface area contributed by atoms with Crippen molar-refractivity contribution in [2.75, 3.05) is 29.5 Å². The number of anilines is 1. The standard InChI is InChI=1S/C16H23N3O3S/c1-12-3-2-5-19(10-12)15-7-13(8-17-9-15)16(20)18-14-4-6-23(21,22)11-14/h7-9,12,14H,2-6,10-11H2,1H3,(H,18,20). The summed E-state index contributed by atoms with van der Waals surface area (Å²) >= 11 is 0. The fraction of sp³-hybridized carbons (Fsp3) is 0.625. The van der Waals surface area contributed by atoms with Crippen molar-refractivity contribution < 1.29 is 13.2 Å². The smallest absolute Gasteiger partial charge is 0.253 e. The molecule has 2 aliphatic heterocycles. The summed E-state index contributed by atoms with van der Waals surface area (Å²) in [6, 6.07) is 1.57. The number of sulfone groups is 1. The van der Waals surface area contributed by atoms with Crippen LogP contribution in [0.3, 0.4) is 0 Å². The van der Waals surface area contributed by atoms with E-state index in [4.69, 9.17) is 0 Å². The van der Waals surface area contributed by atoms with Gasteiger partial charge in [-0.05, 0) is 31.2 Å². The number of nitrogens with zero attached hydrogens (tertiary/aromatic N) is 2. The summed E-state index contributed by atoms with van der Waals surface area (Å²) in [5.41, 5.74) is 1.45. The van der Waals surface area contributed by atoms with Crippen molar-refractivity contribution in [2.45, 2.75) is 32.2 Å². The van der Waals surface area contributed by atoms with E-state index in [0.29, 0.717) is 17.9 Å². The van der Waals surface area contributed by atoms with Crippen molar-refractivity contribution in [3.63, 3.8) is 0 Å². The predicted molar refractivity (Wildman–Crippen MR) is 89.4 cm³/mol. The van der Waals surface area contributed by atoms with Crippen LogP contribution < -0.4 is 10.2 Å². The van der Waals surface area contributed by atoms with Crippen LogP contribution in [0, 0.1) is 5.92 Å². The first-order valence-electron chi connectivity index (χ1n) is 8.14. The lowest BCUT2D eigenvalue weighted by atomic mass is 10.00. The van der Waals surface area contributed by atoms with Crippen molar-refractivity contribution >= 4 is 21.4 Å². The maximum atomic E-state index is 12.3. The zero-order valence-corrected chi connectivity index (χ0v) is 14.2. The van der Waals surface area contributed by atoms with Gasteiger partial charge in [0.05, 0.1) is 29.0 Å². The van der Waals surface area contributed by atoms with Crippen LogP contribution >= 0.6 is 0 Å². The minimum atomic E-state index is -2.99.